The summed E-state index contributed by atoms with van der Waals surface area (Å²) in [4.78, 5) is 4.30. The van der Waals surface area contributed by atoms with Gasteiger partial charge in [-0.05, 0) is 18.3 Å². The zero-order chi connectivity index (χ0) is 8.27. The van der Waals surface area contributed by atoms with E-state index >= 15 is 0 Å². The molecule has 0 aromatic carbocycles. The standard InChI is InChI=1S/C9H18N2/c1-3-7-5-8(7)6-11-9(10)4-2/h7-8H,3-6H2,1-2H3,(H2,10,11). The molecule has 2 N–H and O–H groups in total. The summed E-state index contributed by atoms with van der Waals surface area (Å²) in [7, 11) is 0. The molecule has 2 unspecified atom stereocenters. The minimum atomic E-state index is 0.812. The molecule has 0 aromatic heterocycles. The van der Waals surface area contributed by atoms with E-state index in [2.05, 4.69) is 11.9 Å². The molecule has 1 aliphatic rings. The van der Waals surface area contributed by atoms with Crippen LogP contribution < -0.4 is 5.73 Å². The van der Waals surface area contributed by atoms with Gasteiger partial charge in [-0.3, -0.25) is 4.99 Å². The predicted molar refractivity (Wildman–Crippen MR) is 48.7 cm³/mol. The molecule has 0 saturated heterocycles. The van der Waals surface area contributed by atoms with Gasteiger partial charge in [-0.15, -0.1) is 0 Å². The lowest BCUT2D eigenvalue weighted by Crippen LogP contribution is -2.10. The average molecular weight is 154 g/mol. The van der Waals surface area contributed by atoms with Crippen LogP contribution in [0.3, 0.4) is 0 Å². The van der Waals surface area contributed by atoms with Crippen molar-refractivity contribution >= 4 is 5.84 Å². The Kier molecular flexibility index (Phi) is 2.92. The van der Waals surface area contributed by atoms with E-state index in [0.717, 1.165) is 30.6 Å². The van der Waals surface area contributed by atoms with Gasteiger partial charge in [0.25, 0.3) is 0 Å². The highest BCUT2D eigenvalue weighted by Crippen LogP contribution is 2.40. The van der Waals surface area contributed by atoms with Crippen LogP contribution in [0.4, 0.5) is 0 Å². The number of hydrogen-bond donors (Lipinski definition) is 1. The second-order valence-corrected chi connectivity index (χ2v) is 3.35. The molecule has 1 saturated carbocycles. The fraction of sp³-hybridized carbons (Fsp3) is 0.889. The van der Waals surface area contributed by atoms with Crippen LogP contribution in [0.2, 0.25) is 0 Å². The summed E-state index contributed by atoms with van der Waals surface area (Å²) < 4.78 is 0. The zero-order valence-corrected chi connectivity index (χ0v) is 7.51. The van der Waals surface area contributed by atoms with Crippen molar-refractivity contribution in [2.45, 2.75) is 33.1 Å². The summed E-state index contributed by atoms with van der Waals surface area (Å²) in [6.45, 7) is 5.26. The summed E-state index contributed by atoms with van der Waals surface area (Å²) in [5, 5.41) is 0. The number of aliphatic imine (C=N–C) groups is 1. The molecule has 1 rings (SSSR count). The molecule has 2 atom stereocenters. The lowest BCUT2D eigenvalue weighted by molar-refractivity contribution is 0.687. The molecule has 0 aromatic rings. The van der Waals surface area contributed by atoms with Crippen molar-refractivity contribution in [3.05, 3.63) is 0 Å². The summed E-state index contributed by atoms with van der Waals surface area (Å²) in [5.41, 5.74) is 5.59. The topological polar surface area (TPSA) is 38.4 Å². The molecule has 0 aliphatic heterocycles. The third kappa shape index (κ3) is 2.52. The molecule has 2 nitrogen and oxygen atoms in total. The number of rotatable bonds is 4. The van der Waals surface area contributed by atoms with Crippen molar-refractivity contribution in [2.24, 2.45) is 22.6 Å². The number of hydrogen-bond acceptors (Lipinski definition) is 1. The van der Waals surface area contributed by atoms with Crippen molar-refractivity contribution in [3.63, 3.8) is 0 Å². The minimum Gasteiger partial charge on any atom is -0.387 e. The van der Waals surface area contributed by atoms with Crippen LogP contribution in [0.5, 0.6) is 0 Å². The van der Waals surface area contributed by atoms with Gasteiger partial charge in [-0.2, -0.15) is 0 Å². The number of nitrogens with zero attached hydrogens (tertiary/aromatic N) is 1. The predicted octanol–water partition coefficient (Wildman–Crippen LogP) is 1.80. The lowest BCUT2D eigenvalue weighted by Gasteiger charge is -1.95. The Morgan fingerprint density at radius 2 is 2.18 bits per heavy atom. The Labute approximate surface area is 68.9 Å². The highest BCUT2D eigenvalue weighted by molar-refractivity contribution is 5.79. The van der Waals surface area contributed by atoms with E-state index in [0.29, 0.717) is 0 Å². The van der Waals surface area contributed by atoms with E-state index in [1.807, 2.05) is 6.92 Å². The molecule has 1 fully saturated rings. The molecule has 1 aliphatic carbocycles. The fourth-order valence-corrected chi connectivity index (χ4v) is 1.38. The molecular weight excluding hydrogens is 136 g/mol. The van der Waals surface area contributed by atoms with Crippen molar-refractivity contribution in [1.29, 1.82) is 0 Å². The van der Waals surface area contributed by atoms with E-state index in [1.165, 1.54) is 12.8 Å². The van der Waals surface area contributed by atoms with Crippen LogP contribution in [0.25, 0.3) is 0 Å². The molecule has 0 radical (unpaired) electrons. The summed E-state index contributed by atoms with van der Waals surface area (Å²) in [6.07, 6.45) is 3.58. The Balaban J connectivity index is 2.14. The normalized spacial score (nSPS) is 30.5. The highest BCUT2D eigenvalue weighted by Gasteiger charge is 2.34. The average Bonchev–Trinajstić information content (AvgIpc) is 2.78. The second-order valence-electron chi connectivity index (χ2n) is 3.35. The zero-order valence-electron chi connectivity index (χ0n) is 7.51. The van der Waals surface area contributed by atoms with Gasteiger partial charge in [-0.25, -0.2) is 0 Å². The Bertz CT molecular complexity index is 152. The molecule has 0 spiro atoms. The molecule has 11 heavy (non-hydrogen) atoms. The molecular formula is C9H18N2. The molecule has 64 valence electrons. The van der Waals surface area contributed by atoms with Crippen molar-refractivity contribution in [1.82, 2.24) is 0 Å². The van der Waals surface area contributed by atoms with Gasteiger partial charge in [-0.1, -0.05) is 20.3 Å². The SMILES string of the molecule is CCC(N)=NCC1CC1CC. The maximum atomic E-state index is 5.59. The quantitative estimate of drug-likeness (QED) is 0.486. The molecule has 2 heteroatoms. The maximum Gasteiger partial charge on any atom is 0.0934 e. The summed E-state index contributed by atoms with van der Waals surface area (Å²) in [6, 6.07) is 0. The van der Waals surface area contributed by atoms with E-state index in [9.17, 15) is 0 Å². The van der Waals surface area contributed by atoms with E-state index < -0.39 is 0 Å². The molecule has 0 amide bonds. The van der Waals surface area contributed by atoms with Gasteiger partial charge in [0.2, 0.25) is 0 Å². The van der Waals surface area contributed by atoms with Crippen LogP contribution in [-0.2, 0) is 0 Å². The van der Waals surface area contributed by atoms with Crippen molar-refractivity contribution in [2.75, 3.05) is 6.54 Å². The van der Waals surface area contributed by atoms with Gasteiger partial charge in [0.05, 0.1) is 5.84 Å². The van der Waals surface area contributed by atoms with Crippen LogP contribution in [-0.4, -0.2) is 12.4 Å². The van der Waals surface area contributed by atoms with Gasteiger partial charge < -0.3 is 5.73 Å². The highest BCUT2D eigenvalue weighted by atomic mass is 14.9. The van der Waals surface area contributed by atoms with Crippen LogP contribution in [0, 0.1) is 11.8 Å². The third-order valence-electron chi connectivity index (χ3n) is 2.48. The molecule has 0 bridgehead atoms. The minimum absolute atomic E-state index is 0.812. The fourth-order valence-electron chi connectivity index (χ4n) is 1.38. The van der Waals surface area contributed by atoms with Crippen molar-refractivity contribution in [3.8, 4) is 0 Å². The smallest absolute Gasteiger partial charge is 0.0934 e. The summed E-state index contributed by atoms with van der Waals surface area (Å²) >= 11 is 0. The Morgan fingerprint density at radius 3 is 2.64 bits per heavy atom. The Morgan fingerprint density at radius 1 is 1.45 bits per heavy atom. The molecule has 0 heterocycles. The summed E-state index contributed by atoms with van der Waals surface area (Å²) in [5.74, 6) is 2.61. The number of nitrogens with two attached hydrogens (primary N) is 1. The van der Waals surface area contributed by atoms with Gasteiger partial charge >= 0.3 is 0 Å². The lowest BCUT2D eigenvalue weighted by atomic mass is 10.2. The van der Waals surface area contributed by atoms with Gasteiger partial charge in [0.1, 0.15) is 0 Å². The van der Waals surface area contributed by atoms with Crippen molar-refractivity contribution < 1.29 is 0 Å². The maximum absolute atomic E-state index is 5.59. The van der Waals surface area contributed by atoms with Crippen LogP contribution >= 0.6 is 0 Å². The first kappa shape index (κ1) is 8.57. The number of amidine groups is 1. The first-order valence-electron chi connectivity index (χ1n) is 4.56. The van der Waals surface area contributed by atoms with Crippen LogP contribution in [0.15, 0.2) is 4.99 Å². The van der Waals surface area contributed by atoms with E-state index in [1.54, 1.807) is 0 Å². The third-order valence-corrected chi connectivity index (χ3v) is 2.48. The van der Waals surface area contributed by atoms with Gasteiger partial charge in [0.15, 0.2) is 0 Å². The Hall–Kier alpha value is -0.530. The van der Waals surface area contributed by atoms with Crippen LogP contribution in [0.1, 0.15) is 33.1 Å². The monoisotopic (exact) mass is 154 g/mol. The van der Waals surface area contributed by atoms with Gasteiger partial charge in [0, 0.05) is 13.0 Å². The van der Waals surface area contributed by atoms with E-state index in [4.69, 9.17) is 5.73 Å². The van der Waals surface area contributed by atoms with E-state index in [-0.39, 0.29) is 0 Å². The second kappa shape index (κ2) is 3.74. The largest absolute Gasteiger partial charge is 0.387 e. The first-order valence-corrected chi connectivity index (χ1v) is 4.56. The first-order chi connectivity index (χ1) is 5.27.